The predicted molar refractivity (Wildman–Crippen MR) is 75.3 cm³/mol. The van der Waals surface area contributed by atoms with Gasteiger partial charge in [-0.05, 0) is 18.2 Å². The van der Waals surface area contributed by atoms with Gasteiger partial charge in [0, 0.05) is 17.1 Å². The molecule has 0 amide bonds. The van der Waals surface area contributed by atoms with Crippen LogP contribution >= 0.6 is 23.2 Å². The van der Waals surface area contributed by atoms with Crippen LogP contribution in [0.5, 0.6) is 0 Å². The van der Waals surface area contributed by atoms with Gasteiger partial charge in [0.1, 0.15) is 0 Å². The van der Waals surface area contributed by atoms with Gasteiger partial charge in [-0.1, -0.05) is 23.2 Å². The summed E-state index contributed by atoms with van der Waals surface area (Å²) in [5.41, 5.74) is 6.18. The molecule has 6 nitrogen and oxygen atoms in total. The number of halogens is 2. The zero-order valence-electron chi connectivity index (χ0n) is 9.77. The lowest BCUT2D eigenvalue weighted by Gasteiger charge is -2.07. The van der Waals surface area contributed by atoms with Crippen LogP contribution in [0.15, 0.2) is 18.2 Å². The fourth-order valence-corrected chi connectivity index (χ4v) is 1.80. The Labute approximate surface area is 119 Å². The smallest absolute Gasteiger partial charge is 0.228 e. The molecular formula is C11H11Cl2N5O. The minimum Gasteiger partial charge on any atom is -0.395 e. The maximum atomic E-state index is 8.76. The first-order valence-electron chi connectivity index (χ1n) is 5.42. The van der Waals surface area contributed by atoms with E-state index < -0.39 is 0 Å². The Morgan fingerprint density at radius 1 is 1.21 bits per heavy atom. The highest BCUT2D eigenvalue weighted by molar-refractivity contribution is 6.35. The first-order chi connectivity index (χ1) is 9.10. The van der Waals surface area contributed by atoms with Crippen molar-refractivity contribution >= 4 is 35.1 Å². The van der Waals surface area contributed by atoms with Crippen LogP contribution < -0.4 is 11.1 Å². The van der Waals surface area contributed by atoms with Crippen LogP contribution in [0, 0.1) is 0 Å². The van der Waals surface area contributed by atoms with Crippen molar-refractivity contribution in [1.82, 2.24) is 15.0 Å². The van der Waals surface area contributed by atoms with E-state index in [1.54, 1.807) is 18.2 Å². The molecule has 1 aromatic carbocycles. The number of nitrogens with one attached hydrogen (secondary N) is 1. The zero-order chi connectivity index (χ0) is 13.8. The van der Waals surface area contributed by atoms with Crippen molar-refractivity contribution in [2.75, 3.05) is 24.2 Å². The van der Waals surface area contributed by atoms with Crippen molar-refractivity contribution in [2.24, 2.45) is 0 Å². The average molecular weight is 300 g/mol. The van der Waals surface area contributed by atoms with Crippen molar-refractivity contribution in [3.63, 3.8) is 0 Å². The third kappa shape index (κ3) is 3.44. The molecule has 1 heterocycles. The highest BCUT2D eigenvalue weighted by Crippen LogP contribution is 2.28. The predicted octanol–water partition coefficient (Wildman–Crippen LogP) is 1.83. The molecule has 2 rings (SSSR count). The Morgan fingerprint density at radius 3 is 2.74 bits per heavy atom. The number of nitrogens with zero attached hydrogens (tertiary/aromatic N) is 3. The molecule has 0 fully saturated rings. The third-order valence-electron chi connectivity index (χ3n) is 2.22. The van der Waals surface area contributed by atoms with E-state index in [4.69, 9.17) is 34.0 Å². The van der Waals surface area contributed by atoms with Gasteiger partial charge in [0.05, 0.1) is 11.6 Å². The number of rotatable bonds is 4. The molecule has 0 aliphatic heterocycles. The van der Waals surface area contributed by atoms with Crippen LogP contribution in [0.4, 0.5) is 11.9 Å². The Balaban J connectivity index is 2.43. The molecule has 4 N–H and O–H groups in total. The fraction of sp³-hybridized carbons (Fsp3) is 0.182. The van der Waals surface area contributed by atoms with E-state index in [1.165, 1.54) is 0 Å². The number of nitrogen functional groups attached to an aromatic ring is 1. The van der Waals surface area contributed by atoms with Gasteiger partial charge in [-0.25, -0.2) is 0 Å². The van der Waals surface area contributed by atoms with Crippen molar-refractivity contribution in [3.05, 3.63) is 28.2 Å². The molecule has 2 aromatic rings. The molecule has 0 aliphatic rings. The normalized spacial score (nSPS) is 10.5. The summed E-state index contributed by atoms with van der Waals surface area (Å²) in [5, 5.41) is 12.5. The van der Waals surface area contributed by atoms with Crippen molar-refractivity contribution in [3.8, 4) is 11.4 Å². The van der Waals surface area contributed by atoms with Crippen molar-refractivity contribution < 1.29 is 5.11 Å². The summed E-state index contributed by atoms with van der Waals surface area (Å²) in [7, 11) is 0. The zero-order valence-corrected chi connectivity index (χ0v) is 11.3. The van der Waals surface area contributed by atoms with E-state index in [1.807, 2.05) is 0 Å². The lowest BCUT2D eigenvalue weighted by Crippen LogP contribution is -2.11. The van der Waals surface area contributed by atoms with Crippen LogP contribution in [0.2, 0.25) is 10.0 Å². The lowest BCUT2D eigenvalue weighted by molar-refractivity contribution is 0.311. The molecule has 0 unspecified atom stereocenters. The van der Waals surface area contributed by atoms with Crippen LogP contribution in [-0.2, 0) is 0 Å². The first-order valence-corrected chi connectivity index (χ1v) is 6.17. The molecule has 19 heavy (non-hydrogen) atoms. The summed E-state index contributed by atoms with van der Waals surface area (Å²) in [6.45, 7) is 0.269. The van der Waals surface area contributed by atoms with Crippen LogP contribution in [-0.4, -0.2) is 33.2 Å². The van der Waals surface area contributed by atoms with E-state index in [0.29, 0.717) is 28.0 Å². The number of aliphatic hydroxyl groups excluding tert-OH is 1. The fourth-order valence-electron chi connectivity index (χ4n) is 1.43. The largest absolute Gasteiger partial charge is 0.395 e. The number of nitrogens with two attached hydrogens (primary N) is 1. The molecule has 0 saturated heterocycles. The van der Waals surface area contributed by atoms with E-state index in [-0.39, 0.29) is 18.5 Å². The maximum absolute atomic E-state index is 8.76. The number of hydrogen-bond donors (Lipinski definition) is 3. The van der Waals surface area contributed by atoms with Gasteiger partial charge < -0.3 is 16.2 Å². The molecule has 0 aliphatic carbocycles. The monoisotopic (exact) mass is 299 g/mol. The second-order valence-electron chi connectivity index (χ2n) is 3.62. The summed E-state index contributed by atoms with van der Waals surface area (Å²) in [5.74, 6) is 0.648. The average Bonchev–Trinajstić information content (AvgIpc) is 2.38. The summed E-state index contributed by atoms with van der Waals surface area (Å²) in [6, 6.07) is 4.97. The Bertz CT molecular complexity index is 593. The summed E-state index contributed by atoms with van der Waals surface area (Å²) in [6.07, 6.45) is 0. The van der Waals surface area contributed by atoms with Crippen LogP contribution in [0.25, 0.3) is 11.4 Å². The van der Waals surface area contributed by atoms with Crippen molar-refractivity contribution in [2.45, 2.75) is 0 Å². The molecule has 1 aromatic heterocycles. The standard InChI is InChI=1S/C11H11Cl2N5O/c12-6-1-2-8(13)7(5-6)9-16-10(14)18-11(17-9)15-3-4-19/h1-2,5,19H,3-4H2,(H3,14,15,16,17,18). The van der Waals surface area contributed by atoms with E-state index in [0.717, 1.165) is 0 Å². The summed E-state index contributed by atoms with van der Waals surface area (Å²) >= 11 is 12.0. The molecule has 0 spiro atoms. The van der Waals surface area contributed by atoms with E-state index in [9.17, 15) is 0 Å². The first kappa shape index (κ1) is 13.8. The third-order valence-corrected chi connectivity index (χ3v) is 2.78. The topological polar surface area (TPSA) is 97.0 Å². The van der Waals surface area contributed by atoms with Crippen LogP contribution in [0.3, 0.4) is 0 Å². The Hall–Kier alpha value is -1.63. The van der Waals surface area contributed by atoms with E-state index >= 15 is 0 Å². The molecule has 0 atom stereocenters. The van der Waals surface area contributed by atoms with Gasteiger partial charge in [0.15, 0.2) is 5.82 Å². The molecule has 0 saturated carbocycles. The molecule has 8 heteroatoms. The second-order valence-corrected chi connectivity index (χ2v) is 4.46. The second kappa shape index (κ2) is 6.01. The van der Waals surface area contributed by atoms with Gasteiger partial charge in [0.25, 0.3) is 0 Å². The number of benzene rings is 1. The maximum Gasteiger partial charge on any atom is 0.228 e. The van der Waals surface area contributed by atoms with Gasteiger partial charge in [-0.2, -0.15) is 15.0 Å². The van der Waals surface area contributed by atoms with Gasteiger partial charge in [-0.15, -0.1) is 0 Å². The summed E-state index contributed by atoms with van der Waals surface area (Å²) in [4.78, 5) is 12.1. The number of aliphatic hydroxyl groups is 1. The molecule has 0 bridgehead atoms. The lowest BCUT2D eigenvalue weighted by atomic mass is 10.2. The van der Waals surface area contributed by atoms with Crippen LogP contribution in [0.1, 0.15) is 0 Å². The van der Waals surface area contributed by atoms with Gasteiger partial charge >= 0.3 is 0 Å². The summed E-state index contributed by atoms with van der Waals surface area (Å²) < 4.78 is 0. The van der Waals surface area contributed by atoms with Gasteiger partial charge in [0.2, 0.25) is 11.9 Å². The van der Waals surface area contributed by atoms with E-state index in [2.05, 4.69) is 20.3 Å². The minimum atomic E-state index is -0.0428. The van der Waals surface area contributed by atoms with Crippen molar-refractivity contribution in [1.29, 1.82) is 0 Å². The Kier molecular flexibility index (Phi) is 4.36. The highest BCUT2D eigenvalue weighted by atomic mass is 35.5. The minimum absolute atomic E-state index is 0.0428. The molecular weight excluding hydrogens is 289 g/mol. The van der Waals surface area contributed by atoms with Gasteiger partial charge in [-0.3, -0.25) is 0 Å². The number of aromatic nitrogens is 3. The highest BCUT2D eigenvalue weighted by Gasteiger charge is 2.10. The quantitative estimate of drug-likeness (QED) is 0.797. The number of anilines is 2. The number of hydrogen-bond acceptors (Lipinski definition) is 6. The SMILES string of the molecule is Nc1nc(NCCO)nc(-c2cc(Cl)ccc2Cl)n1. The molecule has 0 radical (unpaired) electrons. The Morgan fingerprint density at radius 2 is 2.00 bits per heavy atom. The molecule has 100 valence electrons.